The SMILES string of the molecule is CC[PH](O)(OC)OC. The number of hydrogen-bond acceptors (Lipinski definition) is 3. The van der Waals surface area contributed by atoms with Gasteiger partial charge in [-0.3, -0.25) is 0 Å². The van der Waals surface area contributed by atoms with E-state index in [1.807, 2.05) is 6.92 Å². The van der Waals surface area contributed by atoms with Gasteiger partial charge in [0.25, 0.3) is 0 Å². The first-order valence-electron chi connectivity index (χ1n) is 2.51. The molecule has 0 rings (SSSR count). The molecule has 0 amide bonds. The van der Waals surface area contributed by atoms with E-state index in [0.29, 0.717) is 6.16 Å². The van der Waals surface area contributed by atoms with Crippen LogP contribution in [0.4, 0.5) is 0 Å². The molecule has 0 fully saturated rings. The van der Waals surface area contributed by atoms with Crippen LogP contribution in [0.3, 0.4) is 0 Å². The van der Waals surface area contributed by atoms with Crippen LogP contribution in [0.25, 0.3) is 0 Å². The predicted molar refractivity (Wildman–Crippen MR) is 35.1 cm³/mol. The van der Waals surface area contributed by atoms with Crippen molar-refractivity contribution in [3.05, 3.63) is 0 Å². The molecule has 0 unspecified atom stereocenters. The standard InChI is InChI=1S/C4H13O3P/c1-4-8(5,6-2)7-3/h5,8H,4H2,1-3H3. The molecule has 8 heavy (non-hydrogen) atoms. The fourth-order valence-corrected chi connectivity index (χ4v) is 1.12. The summed E-state index contributed by atoms with van der Waals surface area (Å²) >= 11 is 0. The predicted octanol–water partition coefficient (Wildman–Crippen LogP) is 0.786. The molecule has 1 N–H and O–H groups in total. The van der Waals surface area contributed by atoms with Gasteiger partial charge in [-0.1, -0.05) is 0 Å². The molecule has 0 aromatic rings. The van der Waals surface area contributed by atoms with E-state index in [2.05, 4.69) is 0 Å². The van der Waals surface area contributed by atoms with Crippen molar-refractivity contribution in [1.29, 1.82) is 0 Å². The Morgan fingerprint density at radius 3 is 1.75 bits per heavy atom. The van der Waals surface area contributed by atoms with Crippen LogP contribution in [0, 0.1) is 0 Å². The van der Waals surface area contributed by atoms with Crippen molar-refractivity contribution >= 4 is 7.94 Å². The Hall–Kier alpha value is 0.310. The van der Waals surface area contributed by atoms with E-state index in [4.69, 9.17) is 13.9 Å². The van der Waals surface area contributed by atoms with Crippen LogP contribution in [-0.2, 0) is 9.05 Å². The molecule has 0 saturated carbocycles. The molecule has 0 aromatic heterocycles. The Kier molecular flexibility index (Phi) is 3.49. The molecule has 0 radical (unpaired) electrons. The summed E-state index contributed by atoms with van der Waals surface area (Å²) in [6.07, 6.45) is 0.569. The zero-order valence-electron chi connectivity index (χ0n) is 5.47. The van der Waals surface area contributed by atoms with E-state index in [1.165, 1.54) is 14.2 Å². The average molecular weight is 140 g/mol. The first-order valence-corrected chi connectivity index (χ1v) is 4.48. The van der Waals surface area contributed by atoms with Gasteiger partial charge in [-0.05, 0) is 0 Å². The van der Waals surface area contributed by atoms with Gasteiger partial charge < -0.3 is 0 Å². The van der Waals surface area contributed by atoms with E-state index in [9.17, 15) is 0 Å². The minimum atomic E-state index is -2.67. The Morgan fingerprint density at radius 2 is 1.75 bits per heavy atom. The molecule has 3 nitrogen and oxygen atoms in total. The molecular formula is C4H13O3P. The summed E-state index contributed by atoms with van der Waals surface area (Å²) in [5, 5.41) is 0. The quantitative estimate of drug-likeness (QED) is 0.589. The molecule has 52 valence electrons. The molecule has 0 aliphatic heterocycles. The maximum absolute atomic E-state index is 9.13. The Bertz CT molecular complexity index is 54.0. The maximum atomic E-state index is 9.13. The molecule has 0 atom stereocenters. The van der Waals surface area contributed by atoms with Crippen molar-refractivity contribution in [2.45, 2.75) is 6.92 Å². The second kappa shape index (κ2) is 3.36. The molecule has 0 aliphatic rings. The van der Waals surface area contributed by atoms with Gasteiger partial charge in [-0.15, -0.1) is 0 Å². The van der Waals surface area contributed by atoms with Crippen LogP contribution < -0.4 is 0 Å². The second-order valence-corrected chi connectivity index (χ2v) is 4.42. The van der Waals surface area contributed by atoms with E-state index in [-0.39, 0.29) is 0 Å². The summed E-state index contributed by atoms with van der Waals surface area (Å²) in [5.41, 5.74) is 0. The first kappa shape index (κ1) is 8.31. The molecule has 0 bridgehead atoms. The summed E-state index contributed by atoms with van der Waals surface area (Å²) < 4.78 is 9.42. The molecule has 0 aliphatic carbocycles. The van der Waals surface area contributed by atoms with Crippen molar-refractivity contribution in [3.63, 3.8) is 0 Å². The van der Waals surface area contributed by atoms with Crippen molar-refractivity contribution in [1.82, 2.24) is 0 Å². The number of hydrogen-bond donors (Lipinski definition) is 1. The monoisotopic (exact) mass is 140 g/mol. The number of rotatable bonds is 3. The van der Waals surface area contributed by atoms with Gasteiger partial charge in [-0.25, -0.2) is 0 Å². The van der Waals surface area contributed by atoms with Crippen molar-refractivity contribution < 1.29 is 13.9 Å². The first-order chi connectivity index (χ1) is 3.68. The van der Waals surface area contributed by atoms with E-state index >= 15 is 0 Å². The normalized spacial score (nSPS) is 14.0. The van der Waals surface area contributed by atoms with Crippen molar-refractivity contribution in [2.24, 2.45) is 0 Å². The van der Waals surface area contributed by atoms with Crippen LogP contribution in [-0.4, -0.2) is 25.3 Å². The van der Waals surface area contributed by atoms with Gasteiger partial charge >= 0.3 is 49.2 Å². The summed E-state index contributed by atoms with van der Waals surface area (Å²) in [5.74, 6) is 0. The Morgan fingerprint density at radius 1 is 1.38 bits per heavy atom. The van der Waals surface area contributed by atoms with Crippen LogP contribution in [0.15, 0.2) is 0 Å². The summed E-state index contributed by atoms with van der Waals surface area (Å²) in [4.78, 5) is 9.13. The van der Waals surface area contributed by atoms with Crippen LogP contribution in [0.1, 0.15) is 6.92 Å². The van der Waals surface area contributed by atoms with Gasteiger partial charge in [0.15, 0.2) is 0 Å². The van der Waals surface area contributed by atoms with Gasteiger partial charge in [0, 0.05) is 0 Å². The van der Waals surface area contributed by atoms with Gasteiger partial charge in [-0.2, -0.15) is 0 Å². The summed E-state index contributed by atoms with van der Waals surface area (Å²) in [6, 6.07) is 0. The zero-order valence-corrected chi connectivity index (χ0v) is 6.47. The van der Waals surface area contributed by atoms with Gasteiger partial charge in [0.1, 0.15) is 0 Å². The van der Waals surface area contributed by atoms with Crippen LogP contribution >= 0.6 is 7.94 Å². The fraction of sp³-hybridized carbons (Fsp3) is 1.00. The fourth-order valence-electron chi connectivity index (χ4n) is 0.372. The van der Waals surface area contributed by atoms with Crippen molar-refractivity contribution in [3.8, 4) is 0 Å². The third kappa shape index (κ3) is 2.05. The van der Waals surface area contributed by atoms with E-state index < -0.39 is 7.94 Å². The Labute approximate surface area is 50.2 Å². The summed E-state index contributed by atoms with van der Waals surface area (Å²) in [6.45, 7) is 1.83. The molecular weight excluding hydrogens is 127 g/mol. The molecule has 0 spiro atoms. The van der Waals surface area contributed by atoms with Crippen LogP contribution in [0.2, 0.25) is 0 Å². The zero-order chi connectivity index (χ0) is 6.62. The Balaban J connectivity index is 3.58. The topological polar surface area (TPSA) is 38.7 Å². The second-order valence-electron chi connectivity index (χ2n) is 1.47. The minimum absolute atomic E-state index is 0.569. The van der Waals surface area contributed by atoms with Gasteiger partial charge in [0.2, 0.25) is 0 Å². The molecule has 0 saturated heterocycles. The van der Waals surface area contributed by atoms with Gasteiger partial charge in [0.05, 0.1) is 0 Å². The third-order valence-corrected chi connectivity index (χ3v) is 3.25. The van der Waals surface area contributed by atoms with Crippen LogP contribution in [0.5, 0.6) is 0 Å². The summed E-state index contributed by atoms with van der Waals surface area (Å²) in [7, 11) is 0.244. The third-order valence-electron chi connectivity index (χ3n) is 1.08. The van der Waals surface area contributed by atoms with E-state index in [1.54, 1.807) is 0 Å². The van der Waals surface area contributed by atoms with Crippen molar-refractivity contribution in [2.75, 3.05) is 20.4 Å². The van der Waals surface area contributed by atoms with E-state index in [0.717, 1.165) is 0 Å². The average Bonchev–Trinajstić information content (AvgIpc) is 1.87. The molecule has 0 aromatic carbocycles. The molecule has 4 heteroatoms. The molecule has 0 heterocycles.